The summed E-state index contributed by atoms with van der Waals surface area (Å²) in [6.45, 7) is 2.90. The van der Waals surface area contributed by atoms with Gasteiger partial charge in [-0.25, -0.2) is 0 Å². The number of hydrogen-bond acceptors (Lipinski definition) is 4. The molecule has 1 aromatic carbocycles. The summed E-state index contributed by atoms with van der Waals surface area (Å²) in [5.41, 5.74) is 4.10. The van der Waals surface area contributed by atoms with Gasteiger partial charge in [0, 0.05) is 12.7 Å². The van der Waals surface area contributed by atoms with Gasteiger partial charge in [-0.05, 0) is 85.0 Å². The monoisotopic (exact) mass is 360 g/mol. The van der Waals surface area contributed by atoms with E-state index >= 15 is 0 Å². The van der Waals surface area contributed by atoms with E-state index < -0.39 is 0 Å². The first-order valence-corrected chi connectivity index (χ1v) is 10.0. The lowest BCUT2D eigenvalue weighted by Gasteiger charge is -2.50. The van der Waals surface area contributed by atoms with E-state index in [2.05, 4.69) is 19.1 Å². The van der Waals surface area contributed by atoms with Gasteiger partial charge in [-0.1, -0.05) is 6.92 Å². The number of rotatable bonds is 5. The van der Waals surface area contributed by atoms with Crippen LogP contribution < -0.4 is 4.74 Å². The largest absolute Gasteiger partial charge is 0.496 e. The van der Waals surface area contributed by atoms with Crippen molar-refractivity contribution >= 4 is 0 Å². The molecule has 2 fully saturated rings. The van der Waals surface area contributed by atoms with E-state index in [1.165, 1.54) is 36.8 Å². The smallest absolute Gasteiger partial charge is 0.146 e. The Morgan fingerprint density at radius 1 is 1.15 bits per heavy atom. The van der Waals surface area contributed by atoms with E-state index in [-0.39, 0.29) is 12.0 Å². The lowest BCUT2D eigenvalue weighted by Crippen LogP contribution is -2.44. The third kappa shape index (κ3) is 2.78. The predicted octanol–water partition coefficient (Wildman–Crippen LogP) is 4.03. The van der Waals surface area contributed by atoms with Crippen LogP contribution in [0.25, 0.3) is 0 Å². The van der Waals surface area contributed by atoms with E-state index in [1.807, 2.05) is 0 Å². The third-order valence-electron chi connectivity index (χ3n) is 7.60. The quantitative estimate of drug-likeness (QED) is 0.806. The Morgan fingerprint density at radius 2 is 2.00 bits per heavy atom. The van der Waals surface area contributed by atoms with Crippen LogP contribution in [0, 0.1) is 17.3 Å². The maximum absolute atomic E-state index is 9.75. The van der Waals surface area contributed by atoms with E-state index in [0.717, 1.165) is 36.0 Å². The summed E-state index contributed by atoms with van der Waals surface area (Å²) in [5, 5.41) is 9.75. The molecule has 2 saturated carbocycles. The average Bonchev–Trinajstić information content (AvgIpc) is 3.01. The third-order valence-corrected chi connectivity index (χ3v) is 7.60. The van der Waals surface area contributed by atoms with Crippen LogP contribution in [-0.2, 0) is 22.5 Å². The van der Waals surface area contributed by atoms with Crippen molar-refractivity contribution in [2.75, 3.05) is 21.0 Å². The number of methoxy groups -OCH3 is 2. The van der Waals surface area contributed by atoms with Gasteiger partial charge in [0.2, 0.25) is 0 Å². The van der Waals surface area contributed by atoms with Crippen molar-refractivity contribution in [3.8, 4) is 5.75 Å². The zero-order valence-electron chi connectivity index (χ0n) is 16.3. The van der Waals surface area contributed by atoms with Crippen molar-refractivity contribution < 1.29 is 19.3 Å². The van der Waals surface area contributed by atoms with Crippen molar-refractivity contribution in [2.24, 2.45) is 17.3 Å². The SMILES string of the molecule is COCOC1CC[C@H]2[C@@H]3CCc4cc(OC)c(CO)cc4[C@H]3CC[C@]12C. The molecule has 0 heterocycles. The highest BCUT2D eigenvalue weighted by Gasteiger charge is 2.55. The van der Waals surface area contributed by atoms with Crippen LogP contribution in [0.3, 0.4) is 0 Å². The van der Waals surface area contributed by atoms with Gasteiger partial charge in [-0.3, -0.25) is 0 Å². The topological polar surface area (TPSA) is 47.9 Å². The second-order valence-corrected chi connectivity index (χ2v) is 8.62. The molecule has 1 aromatic rings. The first kappa shape index (κ1) is 18.3. The summed E-state index contributed by atoms with van der Waals surface area (Å²) in [5.74, 6) is 2.92. The van der Waals surface area contributed by atoms with Crippen molar-refractivity contribution in [3.63, 3.8) is 0 Å². The Balaban J connectivity index is 1.62. The van der Waals surface area contributed by atoms with Crippen molar-refractivity contribution in [3.05, 3.63) is 28.8 Å². The molecule has 0 aliphatic heterocycles. The minimum atomic E-state index is 0.0436. The molecule has 0 bridgehead atoms. The number of benzene rings is 1. The molecule has 4 nitrogen and oxygen atoms in total. The summed E-state index contributed by atoms with van der Waals surface area (Å²) in [6, 6.07) is 4.39. The van der Waals surface area contributed by atoms with E-state index in [1.54, 1.807) is 14.2 Å². The van der Waals surface area contributed by atoms with Crippen LogP contribution >= 0.6 is 0 Å². The fraction of sp³-hybridized carbons (Fsp3) is 0.727. The number of aliphatic hydroxyl groups is 1. The number of fused-ring (bicyclic) bond motifs is 5. The highest BCUT2D eigenvalue weighted by atomic mass is 16.7. The van der Waals surface area contributed by atoms with Crippen LogP contribution in [0.2, 0.25) is 0 Å². The van der Waals surface area contributed by atoms with Gasteiger partial charge < -0.3 is 19.3 Å². The molecule has 3 aliphatic carbocycles. The Hall–Kier alpha value is -1.10. The van der Waals surface area contributed by atoms with Crippen LogP contribution in [0.4, 0.5) is 0 Å². The molecule has 0 saturated heterocycles. The molecule has 0 aromatic heterocycles. The molecule has 0 amide bonds. The Morgan fingerprint density at radius 3 is 2.73 bits per heavy atom. The Bertz CT molecular complexity index is 658. The lowest BCUT2D eigenvalue weighted by molar-refractivity contribution is -0.125. The molecule has 1 unspecified atom stereocenters. The molecular formula is C22H32O4. The zero-order valence-corrected chi connectivity index (χ0v) is 16.3. The van der Waals surface area contributed by atoms with Crippen LogP contribution in [0.5, 0.6) is 5.75 Å². The Labute approximate surface area is 156 Å². The zero-order chi connectivity index (χ0) is 18.3. The second kappa shape index (κ2) is 7.14. The maximum atomic E-state index is 9.75. The molecule has 3 aliphatic rings. The summed E-state index contributed by atoms with van der Waals surface area (Å²) < 4.78 is 16.7. The summed E-state index contributed by atoms with van der Waals surface area (Å²) in [4.78, 5) is 0. The van der Waals surface area contributed by atoms with Crippen LogP contribution in [0.1, 0.15) is 61.6 Å². The van der Waals surface area contributed by atoms with Gasteiger partial charge in [0.1, 0.15) is 12.5 Å². The second-order valence-electron chi connectivity index (χ2n) is 8.62. The van der Waals surface area contributed by atoms with Gasteiger partial charge in [-0.2, -0.15) is 0 Å². The van der Waals surface area contributed by atoms with Gasteiger partial charge in [0.05, 0.1) is 19.8 Å². The normalized spacial score (nSPS) is 35.5. The Kier molecular flexibility index (Phi) is 5.02. The molecule has 0 spiro atoms. The lowest BCUT2D eigenvalue weighted by atomic mass is 9.55. The highest BCUT2D eigenvalue weighted by Crippen LogP contribution is 2.61. The molecule has 0 radical (unpaired) electrons. The van der Waals surface area contributed by atoms with Crippen LogP contribution in [-0.4, -0.2) is 32.2 Å². The minimum Gasteiger partial charge on any atom is -0.496 e. The average molecular weight is 360 g/mol. The number of hydrogen-bond donors (Lipinski definition) is 1. The molecule has 144 valence electrons. The van der Waals surface area contributed by atoms with Crippen molar-refractivity contribution in [1.82, 2.24) is 0 Å². The summed E-state index contributed by atoms with van der Waals surface area (Å²) in [7, 11) is 3.40. The van der Waals surface area contributed by atoms with Gasteiger partial charge in [-0.15, -0.1) is 0 Å². The minimum absolute atomic E-state index is 0.0436. The molecule has 4 heteroatoms. The molecular weight excluding hydrogens is 328 g/mol. The van der Waals surface area contributed by atoms with Gasteiger partial charge in [0.25, 0.3) is 0 Å². The van der Waals surface area contributed by atoms with Gasteiger partial charge in [0.15, 0.2) is 0 Å². The number of ether oxygens (including phenoxy) is 3. The summed E-state index contributed by atoms with van der Waals surface area (Å²) in [6.07, 6.45) is 7.57. The van der Waals surface area contributed by atoms with Gasteiger partial charge >= 0.3 is 0 Å². The number of aryl methyl sites for hydroxylation is 1. The first-order valence-electron chi connectivity index (χ1n) is 10.0. The molecule has 4 rings (SSSR count). The van der Waals surface area contributed by atoms with Crippen molar-refractivity contribution in [1.29, 1.82) is 0 Å². The highest BCUT2D eigenvalue weighted by molar-refractivity contribution is 5.46. The fourth-order valence-corrected chi connectivity index (χ4v) is 6.34. The standard InChI is InChI=1S/C22H32O4/c1-22-9-8-16-17(19(22)6-7-21(22)26-13-24-2)5-4-14-11-20(25-3)15(12-23)10-18(14)16/h10-11,16-17,19,21,23H,4-9,12-13H2,1-3H3/t16-,17+,19-,21?,22-/m0/s1. The first-order chi connectivity index (χ1) is 12.6. The predicted molar refractivity (Wildman–Crippen MR) is 100 cm³/mol. The van der Waals surface area contributed by atoms with E-state index in [0.29, 0.717) is 18.8 Å². The fourth-order valence-electron chi connectivity index (χ4n) is 6.34. The molecule has 26 heavy (non-hydrogen) atoms. The molecule has 1 N–H and O–H groups in total. The number of aliphatic hydroxyl groups excluding tert-OH is 1. The summed E-state index contributed by atoms with van der Waals surface area (Å²) >= 11 is 0. The maximum Gasteiger partial charge on any atom is 0.146 e. The van der Waals surface area contributed by atoms with E-state index in [9.17, 15) is 5.11 Å². The molecule has 5 atom stereocenters. The van der Waals surface area contributed by atoms with Crippen molar-refractivity contribution in [2.45, 2.75) is 64.1 Å². The van der Waals surface area contributed by atoms with Crippen LogP contribution in [0.15, 0.2) is 12.1 Å². The van der Waals surface area contributed by atoms with E-state index in [4.69, 9.17) is 14.2 Å².